The standard InChI is InChI=1S/C19H18N2O3S2/c1-2-6-17-20-13(12-26-17)11-24-19(23)14-7-3-4-8-15(14)21-18(22)16-9-5-10-25-16/h3-5,7-10,12H,2,6,11H2,1H3,(H,21,22). The van der Waals surface area contributed by atoms with E-state index in [0.717, 1.165) is 23.5 Å². The van der Waals surface area contributed by atoms with Gasteiger partial charge in [0.2, 0.25) is 0 Å². The second-order valence-corrected chi connectivity index (χ2v) is 7.43. The number of para-hydroxylation sites is 1. The summed E-state index contributed by atoms with van der Waals surface area (Å²) in [6.45, 7) is 2.22. The highest BCUT2D eigenvalue weighted by Gasteiger charge is 2.16. The van der Waals surface area contributed by atoms with E-state index in [9.17, 15) is 9.59 Å². The van der Waals surface area contributed by atoms with Crippen molar-refractivity contribution in [1.82, 2.24) is 4.98 Å². The van der Waals surface area contributed by atoms with Crippen LogP contribution in [0.2, 0.25) is 0 Å². The van der Waals surface area contributed by atoms with E-state index in [4.69, 9.17) is 4.74 Å². The molecule has 0 saturated heterocycles. The topological polar surface area (TPSA) is 68.3 Å². The fourth-order valence-electron chi connectivity index (χ4n) is 2.32. The summed E-state index contributed by atoms with van der Waals surface area (Å²) >= 11 is 2.92. The molecule has 3 aromatic rings. The number of ether oxygens (including phenoxy) is 1. The van der Waals surface area contributed by atoms with Crippen molar-refractivity contribution < 1.29 is 14.3 Å². The number of hydrogen-bond acceptors (Lipinski definition) is 6. The lowest BCUT2D eigenvalue weighted by atomic mass is 10.1. The second-order valence-electron chi connectivity index (χ2n) is 5.54. The zero-order valence-corrected chi connectivity index (χ0v) is 15.9. The van der Waals surface area contributed by atoms with Gasteiger partial charge in [-0.3, -0.25) is 4.79 Å². The Kier molecular flexibility index (Phi) is 6.14. The van der Waals surface area contributed by atoms with Crippen LogP contribution in [0.25, 0.3) is 0 Å². The number of anilines is 1. The Hall–Kier alpha value is -2.51. The number of nitrogens with one attached hydrogen (secondary N) is 1. The molecule has 3 rings (SSSR count). The summed E-state index contributed by atoms with van der Waals surface area (Å²) in [7, 11) is 0. The maximum atomic E-state index is 12.4. The molecule has 0 aliphatic carbocycles. The molecule has 1 aromatic carbocycles. The molecule has 2 aromatic heterocycles. The third-order valence-corrected chi connectivity index (χ3v) is 5.38. The molecule has 0 spiro atoms. The number of thiophene rings is 1. The predicted octanol–water partition coefficient (Wildman–Crippen LogP) is 4.77. The fraction of sp³-hybridized carbons (Fsp3) is 0.211. The van der Waals surface area contributed by atoms with Gasteiger partial charge >= 0.3 is 5.97 Å². The molecule has 134 valence electrons. The van der Waals surface area contributed by atoms with Crippen LogP contribution < -0.4 is 5.32 Å². The van der Waals surface area contributed by atoms with Crippen molar-refractivity contribution in [2.24, 2.45) is 0 Å². The van der Waals surface area contributed by atoms with Crippen LogP contribution in [-0.2, 0) is 17.8 Å². The van der Waals surface area contributed by atoms with Gasteiger partial charge in [-0.2, -0.15) is 0 Å². The molecule has 0 fully saturated rings. The van der Waals surface area contributed by atoms with Crippen LogP contribution in [0.3, 0.4) is 0 Å². The number of thiazole rings is 1. The number of aryl methyl sites for hydroxylation is 1. The summed E-state index contributed by atoms with van der Waals surface area (Å²) in [4.78, 5) is 29.7. The van der Waals surface area contributed by atoms with Crippen LogP contribution in [0.1, 0.15) is 44.1 Å². The maximum Gasteiger partial charge on any atom is 0.340 e. The average Bonchev–Trinajstić information content (AvgIpc) is 3.32. The van der Waals surface area contributed by atoms with Crippen molar-refractivity contribution in [3.05, 3.63) is 68.3 Å². The minimum absolute atomic E-state index is 0.117. The van der Waals surface area contributed by atoms with Crippen LogP contribution in [0.4, 0.5) is 5.69 Å². The van der Waals surface area contributed by atoms with Crippen molar-refractivity contribution in [3.63, 3.8) is 0 Å². The SMILES string of the molecule is CCCc1nc(COC(=O)c2ccccc2NC(=O)c2cccs2)cs1. The number of nitrogens with zero attached hydrogens (tertiary/aromatic N) is 1. The Labute approximate surface area is 159 Å². The number of amides is 1. The average molecular weight is 386 g/mol. The summed E-state index contributed by atoms with van der Waals surface area (Å²) in [5.74, 6) is -0.735. The van der Waals surface area contributed by atoms with Crippen LogP contribution in [0.15, 0.2) is 47.2 Å². The Bertz CT molecular complexity index is 888. The first kappa shape index (κ1) is 18.3. The molecule has 2 heterocycles. The van der Waals surface area contributed by atoms with E-state index >= 15 is 0 Å². The first-order valence-corrected chi connectivity index (χ1v) is 9.97. The van der Waals surface area contributed by atoms with Crippen molar-refractivity contribution in [2.75, 3.05) is 5.32 Å². The Morgan fingerprint density at radius 3 is 2.77 bits per heavy atom. The molecular weight excluding hydrogens is 368 g/mol. The largest absolute Gasteiger partial charge is 0.455 e. The second kappa shape index (κ2) is 8.73. The van der Waals surface area contributed by atoms with E-state index in [1.807, 2.05) is 10.8 Å². The van der Waals surface area contributed by atoms with Crippen molar-refractivity contribution >= 4 is 40.2 Å². The summed E-state index contributed by atoms with van der Waals surface area (Å²) in [6, 6.07) is 10.4. The van der Waals surface area contributed by atoms with Crippen molar-refractivity contribution in [1.29, 1.82) is 0 Å². The van der Waals surface area contributed by atoms with Crippen molar-refractivity contribution in [3.8, 4) is 0 Å². The van der Waals surface area contributed by atoms with Crippen molar-refractivity contribution in [2.45, 2.75) is 26.4 Å². The number of rotatable bonds is 7. The van der Waals surface area contributed by atoms with Gasteiger partial charge in [0.1, 0.15) is 6.61 Å². The number of aromatic nitrogens is 1. The van der Waals surface area contributed by atoms with E-state index in [1.54, 1.807) is 47.7 Å². The Morgan fingerprint density at radius 2 is 2.00 bits per heavy atom. The summed E-state index contributed by atoms with van der Waals surface area (Å²) in [6.07, 6.45) is 1.96. The molecule has 0 aliphatic rings. The third-order valence-electron chi connectivity index (χ3n) is 3.55. The van der Waals surface area contributed by atoms with Crippen LogP contribution in [0.5, 0.6) is 0 Å². The molecule has 5 nitrogen and oxygen atoms in total. The van der Waals surface area contributed by atoms with Gasteiger partial charge in [-0.15, -0.1) is 22.7 Å². The molecule has 26 heavy (non-hydrogen) atoms. The van der Waals surface area contributed by atoms with Gasteiger partial charge in [-0.1, -0.05) is 25.1 Å². The van der Waals surface area contributed by atoms with Gasteiger partial charge in [-0.25, -0.2) is 9.78 Å². The molecule has 0 aliphatic heterocycles. The first-order chi connectivity index (χ1) is 12.7. The van der Waals surface area contributed by atoms with E-state index in [1.165, 1.54) is 11.3 Å². The van der Waals surface area contributed by atoms with E-state index in [0.29, 0.717) is 16.1 Å². The maximum absolute atomic E-state index is 12.4. The highest BCUT2D eigenvalue weighted by Crippen LogP contribution is 2.20. The molecule has 0 bridgehead atoms. The van der Waals surface area contributed by atoms with Gasteiger partial charge in [0.15, 0.2) is 0 Å². The van der Waals surface area contributed by atoms with E-state index in [-0.39, 0.29) is 12.5 Å². The minimum Gasteiger partial charge on any atom is -0.455 e. The first-order valence-electron chi connectivity index (χ1n) is 8.21. The molecule has 1 amide bonds. The van der Waals surface area contributed by atoms with Gasteiger partial charge in [0.05, 0.1) is 26.8 Å². The molecule has 1 N–H and O–H groups in total. The van der Waals surface area contributed by atoms with Gasteiger partial charge in [0.25, 0.3) is 5.91 Å². The third kappa shape index (κ3) is 4.56. The van der Waals surface area contributed by atoms with Gasteiger partial charge < -0.3 is 10.1 Å². The molecule has 0 radical (unpaired) electrons. The van der Waals surface area contributed by atoms with Crippen LogP contribution in [0, 0.1) is 0 Å². The molecule has 7 heteroatoms. The Balaban J connectivity index is 1.66. The molecule has 0 unspecified atom stereocenters. The smallest absolute Gasteiger partial charge is 0.340 e. The highest BCUT2D eigenvalue weighted by molar-refractivity contribution is 7.12. The summed E-state index contributed by atoms with van der Waals surface area (Å²) in [5, 5.41) is 7.55. The number of esters is 1. The normalized spacial score (nSPS) is 10.5. The summed E-state index contributed by atoms with van der Waals surface area (Å²) in [5.41, 5.74) is 1.49. The van der Waals surface area contributed by atoms with E-state index < -0.39 is 5.97 Å². The monoisotopic (exact) mass is 386 g/mol. The molecule has 0 saturated carbocycles. The molecule has 0 atom stereocenters. The minimum atomic E-state index is -0.489. The lowest BCUT2D eigenvalue weighted by Crippen LogP contribution is -2.15. The number of hydrogen-bond donors (Lipinski definition) is 1. The lowest BCUT2D eigenvalue weighted by Gasteiger charge is -2.10. The van der Waals surface area contributed by atoms with Gasteiger partial charge in [0, 0.05) is 5.38 Å². The van der Waals surface area contributed by atoms with E-state index in [2.05, 4.69) is 17.2 Å². The zero-order valence-electron chi connectivity index (χ0n) is 14.2. The summed E-state index contributed by atoms with van der Waals surface area (Å²) < 4.78 is 5.38. The zero-order chi connectivity index (χ0) is 18.4. The fourth-order valence-corrected chi connectivity index (χ4v) is 3.83. The molecular formula is C19H18N2O3S2. The van der Waals surface area contributed by atoms with Gasteiger partial charge in [-0.05, 0) is 36.4 Å². The number of carbonyl (C=O) groups is 2. The quantitative estimate of drug-likeness (QED) is 0.594. The highest BCUT2D eigenvalue weighted by atomic mass is 32.1. The predicted molar refractivity (Wildman–Crippen MR) is 104 cm³/mol. The van der Waals surface area contributed by atoms with Crippen LogP contribution >= 0.6 is 22.7 Å². The lowest BCUT2D eigenvalue weighted by molar-refractivity contribution is 0.0469. The Morgan fingerprint density at radius 1 is 1.15 bits per heavy atom. The number of carbonyl (C=O) groups excluding carboxylic acids is 2. The van der Waals surface area contributed by atoms with Crippen LogP contribution in [-0.4, -0.2) is 16.9 Å². The number of benzene rings is 1.